The van der Waals surface area contributed by atoms with E-state index in [0.29, 0.717) is 18.7 Å². The number of imidazole rings is 1. The van der Waals surface area contributed by atoms with Gasteiger partial charge in [-0.25, -0.2) is 14.6 Å². The molecule has 2 atom stereocenters. The lowest BCUT2D eigenvalue weighted by Gasteiger charge is -2.36. The molecular weight excluding hydrogens is 360 g/mol. The van der Waals surface area contributed by atoms with Crippen molar-refractivity contribution in [3.05, 3.63) is 47.5 Å². The fourth-order valence-electron chi connectivity index (χ4n) is 3.49. The maximum Gasteiger partial charge on any atom is 0.328 e. The maximum absolute atomic E-state index is 13.1. The molecule has 2 heterocycles. The smallest absolute Gasteiger partial charge is 0.328 e. The van der Waals surface area contributed by atoms with E-state index in [2.05, 4.69) is 15.3 Å². The number of aromatic amines is 1. The number of rotatable bonds is 5. The Morgan fingerprint density at radius 3 is 2.79 bits per heavy atom. The predicted molar refractivity (Wildman–Crippen MR) is 103 cm³/mol. The molecule has 0 aliphatic carbocycles. The highest BCUT2D eigenvalue weighted by molar-refractivity contribution is 5.84. The number of hydrogen-bond donors (Lipinski definition) is 2. The number of carbonyl (C=O) groups excluding carboxylic acids is 2. The monoisotopic (exact) mass is 386 g/mol. The lowest BCUT2D eigenvalue weighted by atomic mass is 9.95. The van der Waals surface area contributed by atoms with E-state index in [9.17, 15) is 9.59 Å². The van der Waals surface area contributed by atoms with E-state index in [4.69, 9.17) is 9.47 Å². The van der Waals surface area contributed by atoms with Crippen LogP contribution in [0.1, 0.15) is 36.8 Å². The number of nitrogens with one attached hydrogen (secondary N) is 2. The van der Waals surface area contributed by atoms with Crippen LogP contribution in [0.2, 0.25) is 0 Å². The van der Waals surface area contributed by atoms with Gasteiger partial charge in [-0.1, -0.05) is 26.0 Å². The summed E-state index contributed by atoms with van der Waals surface area (Å²) in [7, 11) is 2.92. The fraction of sp³-hybridized carbons (Fsp3) is 0.450. The minimum absolute atomic E-state index is 0.0996. The average Bonchev–Trinajstić information content (AvgIpc) is 3.19. The summed E-state index contributed by atoms with van der Waals surface area (Å²) in [4.78, 5) is 34.5. The van der Waals surface area contributed by atoms with Crippen LogP contribution in [-0.2, 0) is 16.0 Å². The second-order valence-electron chi connectivity index (χ2n) is 7.08. The highest BCUT2D eigenvalue weighted by Gasteiger charge is 2.36. The van der Waals surface area contributed by atoms with Gasteiger partial charge in [0.1, 0.15) is 17.8 Å². The van der Waals surface area contributed by atoms with Crippen molar-refractivity contribution in [2.24, 2.45) is 5.92 Å². The number of ether oxygens (including phenoxy) is 2. The van der Waals surface area contributed by atoms with Gasteiger partial charge in [-0.15, -0.1) is 0 Å². The van der Waals surface area contributed by atoms with E-state index in [0.717, 1.165) is 17.0 Å². The highest BCUT2D eigenvalue weighted by atomic mass is 16.5. The van der Waals surface area contributed by atoms with Crippen molar-refractivity contribution in [1.82, 2.24) is 20.2 Å². The Bertz CT molecular complexity index is 848. The number of esters is 1. The fourth-order valence-corrected chi connectivity index (χ4v) is 3.49. The van der Waals surface area contributed by atoms with Gasteiger partial charge in [0.25, 0.3) is 0 Å². The van der Waals surface area contributed by atoms with Crippen LogP contribution in [0.5, 0.6) is 5.75 Å². The van der Waals surface area contributed by atoms with Crippen molar-refractivity contribution in [3.63, 3.8) is 0 Å². The standard InChI is InChI=1S/C20H26N4O4/c1-12(2)16(19(25)28-4)23-20(26)24-9-8-15-17(22-11-21-15)18(24)13-6-5-7-14(10-13)27-3/h5-7,10-12,16,18H,8-9H2,1-4H3,(H,21,22)(H,23,26)/t16-,18-/m0/s1. The first-order valence-electron chi connectivity index (χ1n) is 9.27. The number of carbonyl (C=O) groups is 2. The first-order valence-corrected chi connectivity index (χ1v) is 9.27. The molecule has 3 rings (SSSR count). The number of amides is 2. The zero-order valence-corrected chi connectivity index (χ0v) is 16.6. The van der Waals surface area contributed by atoms with E-state index >= 15 is 0 Å². The molecule has 8 nitrogen and oxygen atoms in total. The molecule has 1 aromatic heterocycles. The lowest BCUT2D eigenvalue weighted by molar-refractivity contribution is -0.144. The number of urea groups is 1. The largest absolute Gasteiger partial charge is 0.497 e. The first-order chi connectivity index (χ1) is 13.5. The van der Waals surface area contributed by atoms with Crippen molar-refractivity contribution in [2.45, 2.75) is 32.4 Å². The number of methoxy groups -OCH3 is 2. The van der Waals surface area contributed by atoms with Gasteiger partial charge in [-0.2, -0.15) is 0 Å². The van der Waals surface area contributed by atoms with Gasteiger partial charge in [0.2, 0.25) is 0 Å². The molecule has 2 N–H and O–H groups in total. The lowest BCUT2D eigenvalue weighted by Crippen LogP contribution is -2.53. The van der Waals surface area contributed by atoms with Crippen LogP contribution in [-0.4, -0.2) is 53.7 Å². The van der Waals surface area contributed by atoms with Gasteiger partial charge in [0, 0.05) is 18.7 Å². The molecule has 2 aromatic rings. The van der Waals surface area contributed by atoms with Crippen molar-refractivity contribution < 1.29 is 19.1 Å². The number of nitrogens with zero attached hydrogens (tertiary/aromatic N) is 2. The van der Waals surface area contributed by atoms with Crippen molar-refractivity contribution in [2.75, 3.05) is 20.8 Å². The zero-order chi connectivity index (χ0) is 20.3. The average molecular weight is 386 g/mol. The number of fused-ring (bicyclic) bond motifs is 1. The van der Waals surface area contributed by atoms with Crippen molar-refractivity contribution in [1.29, 1.82) is 0 Å². The van der Waals surface area contributed by atoms with E-state index in [-0.39, 0.29) is 18.0 Å². The summed E-state index contributed by atoms with van der Waals surface area (Å²) in [5, 5.41) is 2.83. The van der Waals surface area contributed by atoms with Crippen molar-refractivity contribution >= 4 is 12.0 Å². The molecular formula is C20H26N4O4. The molecule has 1 aliphatic rings. The van der Waals surface area contributed by atoms with Crippen LogP contribution in [0.25, 0.3) is 0 Å². The Balaban J connectivity index is 1.94. The number of H-pyrrole nitrogens is 1. The minimum atomic E-state index is -0.718. The molecule has 0 saturated heterocycles. The minimum Gasteiger partial charge on any atom is -0.497 e. The maximum atomic E-state index is 13.1. The van der Waals surface area contributed by atoms with Gasteiger partial charge in [0.05, 0.1) is 26.2 Å². The molecule has 28 heavy (non-hydrogen) atoms. The quantitative estimate of drug-likeness (QED) is 0.769. The molecule has 0 spiro atoms. The van der Waals surface area contributed by atoms with Crippen LogP contribution in [0.4, 0.5) is 4.79 Å². The first kappa shape index (κ1) is 19.7. The Kier molecular flexibility index (Phi) is 5.87. The van der Waals surface area contributed by atoms with E-state index in [1.807, 2.05) is 38.1 Å². The highest BCUT2D eigenvalue weighted by Crippen LogP contribution is 2.34. The normalized spacial score (nSPS) is 17.0. The molecule has 0 unspecified atom stereocenters. The Morgan fingerprint density at radius 1 is 1.32 bits per heavy atom. The second-order valence-corrected chi connectivity index (χ2v) is 7.08. The summed E-state index contributed by atoms with van der Waals surface area (Å²) in [6.45, 7) is 4.22. The molecule has 0 bridgehead atoms. The topological polar surface area (TPSA) is 96.6 Å². The molecule has 8 heteroatoms. The van der Waals surface area contributed by atoms with Gasteiger partial charge in [-0.05, 0) is 23.6 Å². The van der Waals surface area contributed by atoms with Crippen molar-refractivity contribution in [3.8, 4) is 5.75 Å². The van der Waals surface area contributed by atoms with Crippen LogP contribution < -0.4 is 10.1 Å². The third-order valence-corrected chi connectivity index (χ3v) is 5.00. The molecule has 2 amide bonds. The Hall–Kier alpha value is -3.03. The molecule has 150 valence electrons. The second kappa shape index (κ2) is 8.33. The summed E-state index contributed by atoms with van der Waals surface area (Å²) < 4.78 is 10.2. The molecule has 1 aliphatic heterocycles. The van der Waals surface area contributed by atoms with Crippen LogP contribution >= 0.6 is 0 Å². The number of hydrogen-bond acceptors (Lipinski definition) is 5. The SMILES string of the molecule is COC(=O)[C@@H](NC(=O)N1CCc2[nH]cnc2[C@@H]1c1cccc(OC)c1)C(C)C. The molecule has 0 fully saturated rings. The van der Waals surface area contributed by atoms with E-state index in [1.165, 1.54) is 7.11 Å². The summed E-state index contributed by atoms with van der Waals surface area (Å²) in [5.74, 6) is 0.145. The molecule has 1 aromatic carbocycles. The summed E-state index contributed by atoms with van der Waals surface area (Å²) >= 11 is 0. The molecule has 0 radical (unpaired) electrons. The summed E-state index contributed by atoms with van der Waals surface area (Å²) in [5.41, 5.74) is 2.70. The van der Waals surface area contributed by atoms with E-state index in [1.54, 1.807) is 18.3 Å². The zero-order valence-electron chi connectivity index (χ0n) is 16.6. The third kappa shape index (κ3) is 3.81. The van der Waals surface area contributed by atoms with Gasteiger partial charge in [0.15, 0.2) is 0 Å². The summed E-state index contributed by atoms with van der Waals surface area (Å²) in [6.07, 6.45) is 2.30. The van der Waals surface area contributed by atoms with Crippen LogP contribution in [0.3, 0.4) is 0 Å². The Morgan fingerprint density at radius 2 is 2.11 bits per heavy atom. The molecule has 0 saturated carbocycles. The van der Waals surface area contributed by atoms with E-state index < -0.39 is 12.0 Å². The van der Waals surface area contributed by atoms with Gasteiger partial charge < -0.3 is 24.7 Å². The summed E-state index contributed by atoms with van der Waals surface area (Å²) in [6, 6.07) is 6.15. The Labute approximate surface area is 164 Å². The van der Waals surface area contributed by atoms with Crippen LogP contribution in [0, 0.1) is 5.92 Å². The number of benzene rings is 1. The third-order valence-electron chi connectivity index (χ3n) is 5.00. The van der Waals surface area contributed by atoms with Gasteiger partial charge >= 0.3 is 12.0 Å². The van der Waals surface area contributed by atoms with Gasteiger partial charge in [-0.3, -0.25) is 0 Å². The van der Waals surface area contributed by atoms with Crippen LogP contribution in [0.15, 0.2) is 30.6 Å². The number of aromatic nitrogens is 2. The predicted octanol–water partition coefficient (Wildman–Crippen LogP) is 2.27.